The Morgan fingerprint density at radius 1 is 1.28 bits per heavy atom. The van der Waals surface area contributed by atoms with E-state index in [4.69, 9.17) is 4.74 Å². The second-order valence-corrected chi connectivity index (χ2v) is 6.96. The van der Waals surface area contributed by atoms with Crippen molar-refractivity contribution in [2.75, 3.05) is 5.32 Å². The number of hydrogen-bond acceptors (Lipinski definition) is 3. The van der Waals surface area contributed by atoms with Crippen LogP contribution < -0.4 is 5.32 Å². The summed E-state index contributed by atoms with van der Waals surface area (Å²) in [6.07, 6.45) is 4.25. The maximum absolute atomic E-state index is 13.7. The van der Waals surface area contributed by atoms with Crippen molar-refractivity contribution in [3.05, 3.63) is 52.5 Å². The van der Waals surface area contributed by atoms with Crippen LogP contribution in [0, 0.1) is 11.7 Å². The molecular formula is C20H26FNO2S. The van der Waals surface area contributed by atoms with Crippen molar-refractivity contribution in [1.82, 2.24) is 0 Å². The largest absolute Gasteiger partial charge is 0.441 e. The van der Waals surface area contributed by atoms with Crippen LogP contribution in [-0.2, 0) is 4.74 Å². The maximum Gasteiger partial charge on any atom is 0.412 e. The average Bonchev–Trinajstić information content (AvgIpc) is 3.10. The minimum atomic E-state index is -0.499. The molecule has 1 N–H and O–H groups in total. The lowest BCUT2D eigenvalue weighted by Crippen LogP contribution is -2.23. The summed E-state index contributed by atoms with van der Waals surface area (Å²) in [4.78, 5) is 12.3. The highest BCUT2D eigenvalue weighted by Gasteiger charge is 2.26. The first-order valence-electron chi connectivity index (χ1n) is 8.89. The summed E-state index contributed by atoms with van der Waals surface area (Å²) >= 11 is 1.50. The second kappa shape index (κ2) is 10.2. The standard InChI is InChI=1S/C20H26FNO2S/c1-3-5-6-8-15(4-2)19(16-9-7-10-17(21)13-16)24-20(23)22-18-11-12-25-14-18/h7,9-15,19H,3-6,8H2,1-2H3,(H,22,23). The maximum atomic E-state index is 13.7. The fraction of sp³-hybridized carbons (Fsp3) is 0.450. The summed E-state index contributed by atoms with van der Waals surface area (Å²) in [5, 5.41) is 6.47. The molecule has 2 atom stereocenters. The number of amides is 1. The fourth-order valence-corrected chi connectivity index (χ4v) is 3.53. The summed E-state index contributed by atoms with van der Waals surface area (Å²) in [6, 6.07) is 8.18. The smallest absolute Gasteiger partial charge is 0.412 e. The van der Waals surface area contributed by atoms with Gasteiger partial charge in [-0.1, -0.05) is 45.2 Å². The van der Waals surface area contributed by atoms with Crippen molar-refractivity contribution in [3.8, 4) is 0 Å². The molecule has 1 aromatic carbocycles. The van der Waals surface area contributed by atoms with E-state index in [1.54, 1.807) is 6.07 Å². The first kappa shape index (κ1) is 19.4. The van der Waals surface area contributed by atoms with Crippen LogP contribution in [0.15, 0.2) is 41.1 Å². The van der Waals surface area contributed by atoms with Crippen LogP contribution in [-0.4, -0.2) is 6.09 Å². The Bertz CT molecular complexity index is 645. The van der Waals surface area contributed by atoms with Crippen molar-refractivity contribution in [3.63, 3.8) is 0 Å². The molecule has 1 heterocycles. The van der Waals surface area contributed by atoms with Crippen LogP contribution in [0.5, 0.6) is 0 Å². The van der Waals surface area contributed by atoms with Gasteiger partial charge in [0, 0.05) is 11.3 Å². The van der Waals surface area contributed by atoms with E-state index in [-0.39, 0.29) is 11.7 Å². The van der Waals surface area contributed by atoms with E-state index in [0.29, 0.717) is 11.3 Å². The highest BCUT2D eigenvalue weighted by molar-refractivity contribution is 7.08. The van der Waals surface area contributed by atoms with E-state index < -0.39 is 12.2 Å². The lowest BCUT2D eigenvalue weighted by Gasteiger charge is -2.27. The van der Waals surface area contributed by atoms with Gasteiger partial charge in [-0.05, 0) is 42.0 Å². The predicted octanol–water partition coefficient (Wildman–Crippen LogP) is 6.78. The molecular weight excluding hydrogens is 337 g/mol. The van der Waals surface area contributed by atoms with Gasteiger partial charge in [0.05, 0.1) is 5.69 Å². The Hall–Kier alpha value is -1.88. The quantitative estimate of drug-likeness (QED) is 0.498. The average molecular weight is 363 g/mol. The number of unbranched alkanes of at least 4 members (excludes halogenated alkanes) is 2. The van der Waals surface area contributed by atoms with Gasteiger partial charge >= 0.3 is 6.09 Å². The summed E-state index contributed by atoms with van der Waals surface area (Å²) in [5.74, 6) is -0.144. The Balaban J connectivity index is 2.13. The van der Waals surface area contributed by atoms with Crippen LogP contribution in [0.1, 0.15) is 57.6 Å². The molecule has 0 spiro atoms. The van der Waals surface area contributed by atoms with Gasteiger partial charge in [-0.25, -0.2) is 9.18 Å². The topological polar surface area (TPSA) is 38.3 Å². The number of benzene rings is 1. The number of thiophene rings is 1. The third-order valence-electron chi connectivity index (χ3n) is 4.31. The molecule has 0 saturated heterocycles. The van der Waals surface area contributed by atoms with E-state index in [0.717, 1.165) is 32.1 Å². The van der Waals surface area contributed by atoms with Gasteiger partial charge < -0.3 is 4.74 Å². The molecule has 0 bridgehead atoms. The van der Waals surface area contributed by atoms with Crippen LogP contribution in [0.3, 0.4) is 0 Å². The molecule has 0 aliphatic heterocycles. The van der Waals surface area contributed by atoms with E-state index in [1.165, 1.54) is 23.5 Å². The minimum Gasteiger partial charge on any atom is -0.441 e. The Morgan fingerprint density at radius 2 is 2.12 bits per heavy atom. The Kier molecular flexibility index (Phi) is 7.92. The minimum absolute atomic E-state index is 0.168. The normalized spacial score (nSPS) is 13.2. The molecule has 0 fully saturated rings. The zero-order chi connectivity index (χ0) is 18.1. The molecule has 0 saturated carbocycles. The van der Waals surface area contributed by atoms with Crippen molar-refractivity contribution >= 4 is 23.1 Å². The third kappa shape index (κ3) is 6.16. The zero-order valence-corrected chi connectivity index (χ0v) is 15.7. The monoisotopic (exact) mass is 363 g/mol. The highest BCUT2D eigenvalue weighted by Crippen LogP contribution is 2.33. The molecule has 25 heavy (non-hydrogen) atoms. The predicted molar refractivity (Wildman–Crippen MR) is 101 cm³/mol. The molecule has 0 aliphatic rings. The molecule has 3 nitrogen and oxygen atoms in total. The third-order valence-corrected chi connectivity index (χ3v) is 4.99. The van der Waals surface area contributed by atoms with Gasteiger partial charge in [-0.2, -0.15) is 11.3 Å². The number of anilines is 1. The molecule has 136 valence electrons. The molecule has 0 aliphatic carbocycles. The number of carbonyl (C=O) groups excluding carboxylic acids is 1. The van der Waals surface area contributed by atoms with Crippen LogP contribution in [0.4, 0.5) is 14.9 Å². The molecule has 5 heteroatoms. The van der Waals surface area contributed by atoms with Crippen molar-refractivity contribution in [2.24, 2.45) is 5.92 Å². The van der Waals surface area contributed by atoms with E-state index in [2.05, 4.69) is 19.2 Å². The molecule has 2 rings (SSSR count). The number of nitrogens with one attached hydrogen (secondary N) is 1. The molecule has 1 aromatic heterocycles. The van der Waals surface area contributed by atoms with Crippen molar-refractivity contribution in [2.45, 2.75) is 52.1 Å². The van der Waals surface area contributed by atoms with E-state index in [1.807, 2.05) is 22.9 Å². The fourth-order valence-electron chi connectivity index (χ4n) is 2.94. The van der Waals surface area contributed by atoms with Gasteiger partial charge in [0.1, 0.15) is 11.9 Å². The molecule has 1 amide bonds. The first-order valence-corrected chi connectivity index (χ1v) is 9.83. The lowest BCUT2D eigenvalue weighted by molar-refractivity contribution is 0.0649. The lowest BCUT2D eigenvalue weighted by atomic mass is 9.88. The number of halogens is 1. The van der Waals surface area contributed by atoms with Gasteiger partial charge in [0.15, 0.2) is 0 Å². The van der Waals surface area contributed by atoms with Gasteiger partial charge in [0.25, 0.3) is 0 Å². The second-order valence-electron chi connectivity index (χ2n) is 6.18. The van der Waals surface area contributed by atoms with Gasteiger partial charge in [0.2, 0.25) is 0 Å². The summed E-state index contributed by atoms with van der Waals surface area (Å²) < 4.78 is 19.4. The first-order chi connectivity index (χ1) is 12.1. The van der Waals surface area contributed by atoms with Crippen LogP contribution in [0.2, 0.25) is 0 Å². The zero-order valence-electron chi connectivity index (χ0n) is 14.8. The molecule has 0 radical (unpaired) electrons. The number of ether oxygens (including phenoxy) is 1. The number of rotatable bonds is 9. The van der Waals surface area contributed by atoms with Crippen LogP contribution >= 0.6 is 11.3 Å². The molecule has 2 unspecified atom stereocenters. The Labute approximate surface area is 153 Å². The van der Waals surface area contributed by atoms with E-state index >= 15 is 0 Å². The number of hydrogen-bond donors (Lipinski definition) is 1. The summed E-state index contributed by atoms with van der Waals surface area (Å²) in [5.41, 5.74) is 1.43. The number of carbonyl (C=O) groups is 1. The highest BCUT2D eigenvalue weighted by atomic mass is 32.1. The SMILES string of the molecule is CCCCCC(CC)C(OC(=O)Nc1ccsc1)c1cccc(F)c1. The van der Waals surface area contributed by atoms with Gasteiger partial charge in [-0.3, -0.25) is 5.32 Å². The Morgan fingerprint density at radius 3 is 2.76 bits per heavy atom. The molecule has 2 aromatic rings. The van der Waals surface area contributed by atoms with E-state index in [9.17, 15) is 9.18 Å². The summed E-state index contributed by atoms with van der Waals surface area (Å²) in [7, 11) is 0. The van der Waals surface area contributed by atoms with Gasteiger partial charge in [-0.15, -0.1) is 0 Å². The van der Waals surface area contributed by atoms with Crippen molar-refractivity contribution in [1.29, 1.82) is 0 Å². The van der Waals surface area contributed by atoms with Crippen LogP contribution in [0.25, 0.3) is 0 Å². The summed E-state index contributed by atoms with van der Waals surface area (Å²) in [6.45, 7) is 4.25. The van der Waals surface area contributed by atoms with Crippen molar-refractivity contribution < 1.29 is 13.9 Å².